The molecular formula is C5H3F8NO. The van der Waals surface area contributed by atoms with Crippen molar-refractivity contribution in [1.29, 1.82) is 0 Å². The van der Waals surface area contributed by atoms with Crippen LogP contribution in [0.5, 0.6) is 0 Å². The monoisotopic (exact) mass is 245 g/mol. The van der Waals surface area contributed by atoms with Gasteiger partial charge in [-0.05, 0) is 0 Å². The largest absolute Gasteiger partial charge is 0.463 e. The van der Waals surface area contributed by atoms with Crippen molar-refractivity contribution in [2.24, 2.45) is 0 Å². The van der Waals surface area contributed by atoms with Gasteiger partial charge in [-0.25, -0.2) is 0 Å². The van der Waals surface area contributed by atoms with Crippen LogP contribution in [0.15, 0.2) is 0 Å². The molecule has 0 aliphatic rings. The van der Waals surface area contributed by atoms with Crippen LogP contribution >= 0.6 is 0 Å². The van der Waals surface area contributed by atoms with Crippen LogP contribution < -0.4 is 5.32 Å². The van der Waals surface area contributed by atoms with Gasteiger partial charge in [0.25, 0.3) is 0 Å². The lowest BCUT2D eigenvalue weighted by molar-refractivity contribution is -0.270. The summed E-state index contributed by atoms with van der Waals surface area (Å²) in [7, 11) is 0. The summed E-state index contributed by atoms with van der Waals surface area (Å²) in [6.07, 6.45) is -11.3. The lowest BCUT2D eigenvalue weighted by atomic mass is 10.3. The standard InChI is InChI=1S/C5H3F8NO/c6-3(7,8)1-14-2(15)4(9,10)5(11,12)13/h1H2,(H,14,15). The first-order valence-corrected chi connectivity index (χ1v) is 3.17. The predicted octanol–water partition coefficient (Wildman–Crippen LogP) is 1.86. The number of carbonyl (C=O) groups is 1. The molecule has 2 nitrogen and oxygen atoms in total. The highest BCUT2D eigenvalue weighted by Gasteiger charge is 2.63. The number of nitrogens with one attached hydrogen (secondary N) is 1. The summed E-state index contributed by atoms with van der Waals surface area (Å²) in [4.78, 5) is 10.1. The highest BCUT2D eigenvalue weighted by Crippen LogP contribution is 2.35. The fraction of sp³-hybridized carbons (Fsp3) is 0.800. The van der Waals surface area contributed by atoms with E-state index in [-0.39, 0.29) is 0 Å². The molecule has 0 aromatic rings. The number of hydrogen-bond donors (Lipinski definition) is 1. The number of carbonyl (C=O) groups excluding carboxylic acids is 1. The van der Waals surface area contributed by atoms with Gasteiger partial charge in [0, 0.05) is 0 Å². The van der Waals surface area contributed by atoms with Crippen LogP contribution in [0.25, 0.3) is 0 Å². The fourth-order valence-electron chi connectivity index (χ4n) is 0.420. The summed E-state index contributed by atoms with van der Waals surface area (Å²) in [5.74, 6) is -8.87. The van der Waals surface area contributed by atoms with Crippen molar-refractivity contribution < 1.29 is 39.9 Å². The van der Waals surface area contributed by atoms with Gasteiger partial charge in [-0.1, -0.05) is 0 Å². The quantitative estimate of drug-likeness (QED) is 0.739. The molecule has 0 aliphatic heterocycles. The number of rotatable bonds is 2. The van der Waals surface area contributed by atoms with Gasteiger partial charge in [-0.2, -0.15) is 35.1 Å². The molecule has 0 aromatic carbocycles. The van der Waals surface area contributed by atoms with Gasteiger partial charge in [0.05, 0.1) is 0 Å². The van der Waals surface area contributed by atoms with Gasteiger partial charge >= 0.3 is 24.2 Å². The molecule has 0 unspecified atom stereocenters. The third kappa shape index (κ3) is 3.88. The minimum atomic E-state index is -6.22. The Bertz CT molecular complexity index is 240. The average Bonchev–Trinajstić information content (AvgIpc) is 1.96. The maximum atomic E-state index is 12.0. The molecule has 10 heteroatoms. The number of halogens is 8. The maximum Gasteiger partial charge on any atom is 0.463 e. The van der Waals surface area contributed by atoms with Crippen LogP contribution in [0, 0.1) is 0 Å². The molecule has 0 spiro atoms. The summed E-state index contributed by atoms with van der Waals surface area (Å²) < 4.78 is 92.3. The second-order valence-electron chi connectivity index (χ2n) is 2.37. The van der Waals surface area contributed by atoms with E-state index in [9.17, 15) is 39.9 Å². The lowest BCUT2D eigenvalue weighted by Gasteiger charge is -2.19. The molecule has 0 heterocycles. The first kappa shape index (κ1) is 13.9. The Labute approximate surface area is 77.2 Å². The molecule has 1 amide bonds. The summed E-state index contributed by atoms with van der Waals surface area (Å²) in [5.41, 5.74) is 0. The van der Waals surface area contributed by atoms with Crippen LogP contribution in [0.2, 0.25) is 0 Å². The Hall–Kier alpha value is -1.09. The van der Waals surface area contributed by atoms with Crippen LogP contribution in [0.4, 0.5) is 35.1 Å². The number of alkyl halides is 8. The predicted molar refractivity (Wildman–Crippen MR) is 30.1 cm³/mol. The van der Waals surface area contributed by atoms with E-state index in [0.29, 0.717) is 5.32 Å². The average molecular weight is 245 g/mol. The summed E-state index contributed by atoms with van der Waals surface area (Å²) >= 11 is 0. The Kier molecular flexibility index (Phi) is 3.54. The minimum Gasteiger partial charge on any atom is -0.341 e. The number of amides is 1. The molecule has 0 aromatic heterocycles. The Balaban J connectivity index is 4.47. The Morgan fingerprint density at radius 2 is 1.33 bits per heavy atom. The second kappa shape index (κ2) is 3.81. The molecule has 15 heavy (non-hydrogen) atoms. The third-order valence-electron chi connectivity index (χ3n) is 1.09. The van der Waals surface area contributed by atoms with E-state index < -0.39 is 30.7 Å². The third-order valence-corrected chi connectivity index (χ3v) is 1.09. The molecular weight excluding hydrogens is 242 g/mol. The van der Waals surface area contributed by atoms with Crippen LogP contribution in [0.3, 0.4) is 0 Å². The topological polar surface area (TPSA) is 29.1 Å². The molecule has 0 radical (unpaired) electrons. The van der Waals surface area contributed by atoms with Gasteiger partial charge in [-0.15, -0.1) is 0 Å². The molecule has 0 saturated carbocycles. The van der Waals surface area contributed by atoms with Crippen molar-refractivity contribution in [2.75, 3.05) is 6.54 Å². The molecule has 90 valence electrons. The summed E-state index contributed by atoms with van der Waals surface area (Å²) in [6.45, 7) is -2.25. The normalized spacial score (nSPS) is 13.9. The van der Waals surface area contributed by atoms with Crippen molar-refractivity contribution in [3.05, 3.63) is 0 Å². The van der Waals surface area contributed by atoms with E-state index in [4.69, 9.17) is 0 Å². The van der Waals surface area contributed by atoms with Crippen LogP contribution in [0.1, 0.15) is 0 Å². The van der Waals surface area contributed by atoms with Gasteiger partial charge in [-0.3, -0.25) is 4.79 Å². The van der Waals surface area contributed by atoms with Crippen molar-refractivity contribution in [3.63, 3.8) is 0 Å². The van der Waals surface area contributed by atoms with Crippen LogP contribution in [-0.2, 0) is 4.79 Å². The highest BCUT2D eigenvalue weighted by molar-refractivity contribution is 5.84. The maximum absolute atomic E-state index is 12.0. The highest BCUT2D eigenvalue weighted by atomic mass is 19.4. The Morgan fingerprint density at radius 3 is 1.60 bits per heavy atom. The van der Waals surface area contributed by atoms with Crippen molar-refractivity contribution >= 4 is 5.91 Å². The molecule has 0 rings (SSSR count). The van der Waals surface area contributed by atoms with Crippen molar-refractivity contribution in [1.82, 2.24) is 5.32 Å². The summed E-state index contributed by atoms with van der Waals surface area (Å²) in [6, 6.07) is 0. The molecule has 0 fully saturated rings. The van der Waals surface area contributed by atoms with Gasteiger partial charge in [0.2, 0.25) is 0 Å². The molecule has 0 bridgehead atoms. The van der Waals surface area contributed by atoms with Gasteiger partial charge < -0.3 is 5.32 Å². The van der Waals surface area contributed by atoms with E-state index in [1.54, 1.807) is 0 Å². The second-order valence-corrected chi connectivity index (χ2v) is 2.37. The van der Waals surface area contributed by atoms with Crippen molar-refractivity contribution in [3.8, 4) is 0 Å². The minimum absolute atomic E-state index is 0.435. The zero-order valence-electron chi connectivity index (χ0n) is 6.64. The molecule has 0 saturated heterocycles. The van der Waals surface area contributed by atoms with Crippen LogP contribution in [-0.4, -0.2) is 30.7 Å². The summed E-state index contributed by atoms with van der Waals surface area (Å²) in [5, 5.41) is 0.435. The van der Waals surface area contributed by atoms with E-state index in [1.807, 2.05) is 0 Å². The molecule has 0 atom stereocenters. The lowest BCUT2D eigenvalue weighted by Crippen LogP contribution is -2.52. The van der Waals surface area contributed by atoms with E-state index in [0.717, 1.165) is 0 Å². The van der Waals surface area contributed by atoms with Gasteiger partial charge in [0.1, 0.15) is 6.54 Å². The van der Waals surface area contributed by atoms with Gasteiger partial charge in [0.15, 0.2) is 0 Å². The fourth-order valence-corrected chi connectivity index (χ4v) is 0.420. The van der Waals surface area contributed by atoms with E-state index in [1.165, 1.54) is 0 Å². The first-order chi connectivity index (χ1) is 6.38. The van der Waals surface area contributed by atoms with E-state index >= 15 is 0 Å². The van der Waals surface area contributed by atoms with E-state index in [2.05, 4.69) is 0 Å². The number of hydrogen-bond acceptors (Lipinski definition) is 1. The first-order valence-electron chi connectivity index (χ1n) is 3.17. The zero-order valence-corrected chi connectivity index (χ0v) is 6.64. The Morgan fingerprint density at radius 1 is 0.933 bits per heavy atom. The molecule has 1 N–H and O–H groups in total. The zero-order chi connectivity index (χ0) is 12.5. The smallest absolute Gasteiger partial charge is 0.341 e. The molecule has 0 aliphatic carbocycles. The SMILES string of the molecule is O=C(NCC(F)(F)F)C(F)(F)C(F)(F)F. The van der Waals surface area contributed by atoms with Crippen molar-refractivity contribution in [2.45, 2.75) is 18.3 Å².